The van der Waals surface area contributed by atoms with Crippen LogP contribution in [0.4, 0.5) is 0 Å². The second-order valence-electron chi connectivity index (χ2n) is 5.47. The zero-order valence-corrected chi connectivity index (χ0v) is 15.4. The summed E-state index contributed by atoms with van der Waals surface area (Å²) in [5, 5.41) is 11.1. The van der Waals surface area contributed by atoms with Crippen molar-refractivity contribution in [3.63, 3.8) is 0 Å². The summed E-state index contributed by atoms with van der Waals surface area (Å²) in [5.74, 6) is 1.91. The predicted octanol–water partition coefficient (Wildman–Crippen LogP) is 4.31. The van der Waals surface area contributed by atoms with Crippen LogP contribution < -0.4 is 0 Å². The Morgan fingerprint density at radius 2 is 1.70 bits per heavy atom. The molecular formula is C13H25O4PS2. The standard InChI is InChI=1S/C13H25O4PS2/c1-6-16-18(15,17-7-2)10(11(14)13(3,4)5)12-19-8-9-20-12/h11,14H,6-9H2,1-5H3. The Labute approximate surface area is 130 Å². The lowest BCUT2D eigenvalue weighted by atomic mass is 9.89. The second-order valence-corrected chi connectivity index (χ2v) is 9.93. The molecule has 1 saturated heterocycles. The number of hydrogen-bond acceptors (Lipinski definition) is 6. The summed E-state index contributed by atoms with van der Waals surface area (Å²) in [6.45, 7) is 9.92. The molecule has 1 atom stereocenters. The Morgan fingerprint density at radius 3 is 2.05 bits per heavy atom. The lowest BCUT2D eigenvalue weighted by Gasteiger charge is -2.32. The maximum atomic E-state index is 13.1. The van der Waals surface area contributed by atoms with E-state index in [4.69, 9.17) is 9.05 Å². The van der Waals surface area contributed by atoms with Crippen molar-refractivity contribution >= 4 is 31.1 Å². The van der Waals surface area contributed by atoms with Gasteiger partial charge in [-0.25, -0.2) is 0 Å². The minimum absolute atomic E-state index is 0.292. The fourth-order valence-corrected chi connectivity index (χ4v) is 7.15. The Morgan fingerprint density at radius 1 is 1.25 bits per heavy atom. The molecule has 0 aromatic heterocycles. The van der Waals surface area contributed by atoms with Gasteiger partial charge in [-0.2, -0.15) is 0 Å². The van der Waals surface area contributed by atoms with Gasteiger partial charge >= 0.3 is 7.60 Å². The molecule has 1 rings (SSSR count). The first-order chi connectivity index (χ1) is 9.26. The van der Waals surface area contributed by atoms with Crippen molar-refractivity contribution in [1.82, 2.24) is 0 Å². The molecule has 1 fully saturated rings. The molecule has 0 saturated carbocycles. The van der Waals surface area contributed by atoms with E-state index in [0.29, 0.717) is 18.5 Å². The molecule has 1 aliphatic heterocycles. The molecule has 0 aliphatic carbocycles. The molecule has 1 N–H and O–H groups in total. The van der Waals surface area contributed by atoms with Gasteiger partial charge < -0.3 is 14.2 Å². The van der Waals surface area contributed by atoms with Crippen molar-refractivity contribution in [1.29, 1.82) is 0 Å². The van der Waals surface area contributed by atoms with Crippen LogP contribution in [0.1, 0.15) is 34.6 Å². The fourth-order valence-electron chi connectivity index (χ4n) is 1.76. The van der Waals surface area contributed by atoms with E-state index in [0.717, 1.165) is 15.7 Å². The van der Waals surface area contributed by atoms with Crippen LogP contribution in [0, 0.1) is 5.41 Å². The van der Waals surface area contributed by atoms with Crippen molar-refractivity contribution in [3.8, 4) is 0 Å². The second kappa shape index (κ2) is 7.70. The van der Waals surface area contributed by atoms with Gasteiger partial charge in [0.25, 0.3) is 0 Å². The van der Waals surface area contributed by atoms with Gasteiger partial charge in [-0.1, -0.05) is 20.8 Å². The van der Waals surface area contributed by atoms with Crippen LogP contribution in [0.5, 0.6) is 0 Å². The third-order valence-corrected chi connectivity index (χ3v) is 8.03. The Hall–Kier alpha value is 0.550. The van der Waals surface area contributed by atoms with E-state index < -0.39 is 19.1 Å². The first kappa shape index (κ1) is 18.6. The summed E-state index contributed by atoms with van der Waals surface area (Å²) < 4.78 is 24.9. The molecule has 1 heterocycles. The van der Waals surface area contributed by atoms with Crippen LogP contribution in [0.25, 0.3) is 0 Å². The van der Waals surface area contributed by atoms with Crippen LogP contribution >= 0.6 is 31.1 Å². The van der Waals surface area contributed by atoms with Gasteiger partial charge in [0.15, 0.2) is 0 Å². The Kier molecular flexibility index (Phi) is 7.16. The fraction of sp³-hybridized carbons (Fsp3) is 0.846. The SMILES string of the molecule is CCOP(=O)(OCC)C(=C1SCCS1)C(O)C(C)(C)C. The summed E-state index contributed by atoms with van der Waals surface area (Å²) in [5.41, 5.74) is -0.421. The van der Waals surface area contributed by atoms with Crippen LogP contribution in [0.2, 0.25) is 0 Å². The number of rotatable bonds is 6. The normalized spacial score (nSPS) is 18.4. The van der Waals surface area contributed by atoms with E-state index in [9.17, 15) is 9.67 Å². The maximum Gasteiger partial charge on any atom is 0.361 e. The maximum absolute atomic E-state index is 13.1. The monoisotopic (exact) mass is 340 g/mol. The molecular weight excluding hydrogens is 315 g/mol. The molecule has 0 aromatic carbocycles. The van der Waals surface area contributed by atoms with Crippen molar-refractivity contribution in [2.75, 3.05) is 24.7 Å². The van der Waals surface area contributed by atoms with Crippen LogP contribution in [0.15, 0.2) is 9.55 Å². The van der Waals surface area contributed by atoms with Crippen molar-refractivity contribution < 1.29 is 18.7 Å². The lowest BCUT2D eigenvalue weighted by Crippen LogP contribution is -2.29. The molecule has 0 aromatic rings. The van der Waals surface area contributed by atoms with Crippen molar-refractivity contribution in [3.05, 3.63) is 9.55 Å². The van der Waals surface area contributed by atoms with Gasteiger partial charge in [0.05, 0.1) is 28.9 Å². The lowest BCUT2D eigenvalue weighted by molar-refractivity contribution is 0.0946. The number of aliphatic hydroxyl groups excluding tert-OH is 1. The average molecular weight is 340 g/mol. The number of aliphatic hydroxyl groups is 1. The topological polar surface area (TPSA) is 55.8 Å². The van der Waals surface area contributed by atoms with Crippen LogP contribution in [-0.2, 0) is 13.6 Å². The van der Waals surface area contributed by atoms with E-state index in [1.807, 2.05) is 20.8 Å². The zero-order chi connectivity index (χ0) is 15.4. The van der Waals surface area contributed by atoms with E-state index in [1.165, 1.54) is 0 Å². The highest BCUT2D eigenvalue weighted by Crippen LogP contribution is 2.63. The number of thioether (sulfide) groups is 2. The molecule has 7 heteroatoms. The first-order valence-corrected chi connectivity index (χ1v) is 10.3. The summed E-state index contributed by atoms with van der Waals surface area (Å²) in [6, 6.07) is 0. The molecule has 20 heavy (non-hydrogen) atoms. The van der Waals surface area contributed by atoms with Crippen LogP contribution in [-0.4, -0.2) is 35.9 Å². The highest BCUT2D eigenvalue weighted by molar-refractivity contribution is 8.25. The minimum atomic E-state index is -3.44. The highest BCUT2D eigenvalue weighted by Gasteiger charge is 2.42. The zero-order valence-electron chi connectivity index (χ0n) is 12.8. The van der Waals surface area contributed by atoms with E-state index in [2.05, 4.69) is 0 Å². The largest absolute Gasteiger partial charge is 0.387 e. The van der Waals surface area contributed by atoms with Gasteiger partial charge in [-0.3, -0.25) is 4.57 Å². The molecule has 0 spiro atoms. The van der Waals surface area contributed by atoms with Crippen LogP contribution in [0.3, 0.4) is 0 Å². The van der Waals surface area contributed by atoms with Crippen molar-refractivity contribution in [2.45, 2.75) is 40.7 Å². The van der Waals surface area contributed by atoms with E-state index in [1.54, 1.807) is 37.4 Å². The first-order valence-electron chi connectivity index (χ1n) is 6.83. The van der Waals surface area contributed by atoms with Gasteiger partial charge in [0.2, 0.25) is 0 Å². The molecule has 0 bridgehead atoms. The third kappa shape index (κ3) is 4.52. The average Bonchev–Trinajstić information content (AvgIpc) is 2.81. The third-order valence-electron chi connectivity index (χ3n) is 2.73. The van der Waals surface area contributed by atoms with Gasteiger partial charge in [-0.05, 0) is 19.3 Å². The molecule has 0 radical (unpaired) electrons. The molecule has 1 aliphatic rings. The minimum Gasteiger partial charge on any atom is -0.387 e. The molecule has 4 nitrogen and oxygen atoms in total. The molecule has 0 amide bonds. The van der Waals surface area contributed by atoms with E-state index in [-0.39, 0.29) is 0 Å². The summed E-state index contributed by atoms with van der Waals surface area (Å²) >= 11 is 3.25. The van der Waals surface area contributed by atoms with Gasteiger partial charge in [-0.15, -0.1) is 23.5 Å². The van der Waals surface area contributed by atoms with Crippen molar-refractivity contribution in [2.24, 2.45) is 5.41 Å². The Balaban J connectivity index is 3.29. The summed E-state index contributed by atoms with van der Waals surface area (Å²) in [6.07, 6.45) is -0.848. The molecule has 118 valence electrons. The van der Waals surface area contributed by atoms with Gasteiger partial charge in [0, 0.05) is 11.5 Å². The predicted molar refractivity (Wildman–Crippen MR) is 88.3 cm³/mol. The number of hydrogen-bond donors (Lipinski definition) is 1. The smallest absolute Gasteiger partial charge is 0.361 e. The highest BCUT2D eigenvalue weighted by atomic mass is 32.2. The quantitative estimate of drug-likeness (QED) is 0.727. The van der Waals surface area contributed by atoms with E-state index >= 15 is 0 Å². The summed E-state index contributed by atoms with van der Waals surface area (Å²) in [4.78, 5) is 0. The summed E-state index contributed by atoms with van der Waals surface area (Å²) in [7, 11) is -3.44. The Bertz CT molecular complexity index is 386. The molecule has 1 unspecified atom stereocenters. The van der Waals surface area contributed by atoms with Gasteiger partial charge in [0.1, 0.15) is 0 Å².